The summed E-state index contributed by atoms with van der Waals surface area (Å²) < 4.78 is 0. The van der Waals surface area contributed by atoms with Crippen molar-refractivity contribution in [3.8, 4) is 0 Å². The lowest BCUT2D eigenvalue weighted by atomic mass is 10.1. The Morgan fingerprint density at radius 1 is 1.00 bits per heavy atom. The minimum absolute atomic E-state index is 0.785. The van der Waals surface area contributed by atoms with Crippen LogP contribution in [0.3, 0.4) is 0 Å². The van der Waals surface area contributed by atoms with Crippen molar-refractivity contribution in [1.29, 1.82) is 0 Å². The average Bonchev–Trinajstić information content (AvgIpc) is 3.30. The molecule has 1 aliphatic rings. The maximum atomic E-state index is 4.28. The highest BCUT2D eigenvalue weighted by atomic mass is 32.1. The highest BCUT2D eigenvalue weighted by molar-refractivity contribution is 7.07. The number of aliphatic imine (C=N–C) groups is 1. The van der Waals surface area contributed by atoms with E-state index in [2.05, 4.69) is 61.6 Å². The summed E-state index contributed by atoms with van der Waals surface area (Å²) >= 11 is 1.72. The van der Waals surface area contributed by atoms with Crippen LogP contribution in [0.5, 0.6) is 0 Å². The molecule has 0 saturated carbocycles. The van der Waals surface area contributed by atoms with Crippen LogP contribution in [0.15, 0.2) is 46.1 Å². The highest BCUT2D eigenvalue weighted by Gasteiger charge is 2.11. The largest absolute Gasteiger partial charge is 0.352 e. The molecule has 2 aromatic rings. The van der Waals surface area contributed by atoms with Gasteiger partial charge in [0.1, 0.15) is 0 Å². The van der Waals surface area contributed by atoms with Crippen molar-refractivity contribution in [3.63, 3.8) is 0 Å². The van der Waals surface area contributed by atoms with Crippen LogP contribution in [0, 0.1) is 0 Å². The van der Waals surface area contributed by atoms with Gasteiger partial charge in [0.05, 0.1) is 0 Å². The monoisotopic (exact) mass is 342 g/mol. The third-order valence-corrected chi connectivity index (χ3v) is 5.08. The SMILES string of the molecule is CN=C(NCc1ccc(CN2CCCC2)cc1)NCc1ccsc1. The number of nitrogens with one attached hydrogen (secondary N) is 2. The summed E-state index contributed by atoms with van der Waals surface area (Å²) in [7, 11) is 1.81. The molecule has 1 saturated heterocycles. The van der Waals surface area contributed by atoms with E-state index in [0.717, 1.165) is 25.6 Å². The number of guanidine groups is 1. The van der Waals surface area contributed by atoms with Crippen molar-refractivity contribution in [2.24, 2.45) is 4.99 Å². The minimum atomic E-state index is 0.785. The molecular weight excluding hydrogens is 316 g/mol. The maximum absolute atomic E-state index is 4.28. The lowest BCUT2D eigenvalue weighted by molar-refractivity contribution is 0.331. The van der Waals surface area contributed by atoms with Gasteiger partial charge in [0.15, 0.2) is 5.96 Å². The van der Waals surface area contributed by atoms with Gasteiger partial charge in [-0.2, -0.15) is 11.3 Å². The fourth-order valence-corrected chi connectivity index (χ4v) is 3.62. The average molecular weight is 343 g/mol. The van der Waals surface area contributed by atoms with Crippen molar-refractivity contribution < 1.29 is 0 Å². The van der Waals surface area contributed by atoms with Gasteiger partial charge < -0.3 is 10.6 Å². The van der Waals surface area contributed by atoms with Crippen LogP contribution in [0.2, 0.25) is 0 Å². The van der Waals surface area contributed by atoms with Crippen molar-refractivity contribution >= 4 is 17.3 Å². The molecule has 3 rings (SSSR count). The van der Waals surface area contributed by atoms with E-state index in [-0.39, 0.29) is 0 Å². The molecule has 0 radical (unpaired) electrons. The molecule has 0 aliphatic carbocycles. The zero-order valence-corrected chi connectivity index (χ0v) is 15.1. The predicted molar refractivity (Wildman–Crippen MR) is 102 cm³/mol. The van der Waals surface area contributed by atoms with E-state index in [1.165, 1.54) is 42.6 Å². The summed E-state index contributed by atoms with van der Waals surface area (Å²) in [6, 6.07) is 11.0. The topological polar surface area (TPSA) is 39.7 Å². The van der Waals surface area contributed by atoms with E-state index >= 15 is 0 Å². The van der Waals surface area contributed by atoms with Gasteiger partial charge in [-0.05, 0) is 59.4 Å². The first-order chi connectivity index (χ1) is 11.8. The number of hydrogen-bond acceptors (Lipinski definition) is 3. The van der Waals surface area contributed by atoms with Crippen molar-refractivity contribution in [1.82, 2.24) is 15.5 Å². The van der Waals surface area contributed by atoms with Crippen molar-refractivity contribution in [2.45, 2.75) is 32.5 Å². The van der Waals surface area contributed by atoms with E-state index in [1.807, 2.05) is 7.05 Å². The quantitative estimate of drug-likeness (QED) is 0.625. The second-order valence-corrected chi connectivity index (χ2v) is 6.99. The molecule has 1 aromatic carbocycles. The molecule has 2 heterocycles. The Balaban J connectivity index is 1.44. The smallest absolute Gasteiger partial charge is 0.191 e. The first kappa shape index (κ1) is 17.0. The van der Waals surface area contributed by atoms with Crippen molar-refractivity contribution in [3.05, 3.63) is 57.8 Å². The van der Waals surface area contributed by atoms with Crippen molar-refractivity contribution in [2.75, 3.05) is 20.1 Å². The lowest BCUT2D eigenvalue weighted by Gasteiger charge is -2.15. The van der Waals surface area contributed by atoms with Gasteiger partial charge in [-0.15, -0.1) is 0 Å². The molecule has 0 atom stereocenters. The molecule has 0 unspecified atom stereocenters. The van der Waals surface area contributed by atoms with Crippen LogP contribution in [-0.2, 0) is 19.6 Å². The molecule has 1 fully saturated rings. The molecule has 0 amide bonds. The number of thiophene rings is 1. The van der Waals surface area contributed by atoms with Crippen LogP contribution in [0.1, 0.15) is 29.5 Å². The van der Waals surface area contributed by atoms with Crippen LogP contribution in [0.4, 0.5) is 0 Å². The Bertz CT molecular complexity index is 628. The predicted octanol–water partition coefficient (Wildman–Crippen LogP) is 3.21. The highest BCUT2D eigenvalue weighted by Crippen LogP contribution is 2.13. The maximum Gasteiger partial charge on any atom is 0.191 e. The van der Waals surface area contributed by atoms with E-state index in [1.54, 1.807) is 11.3 Å². The normalized spacial score (nSPS) is 15.6. The molecule has 1 aromatic heterocycles. The summed E-state index contributed by atoms with van der Waals surface area (Å²) in [6.07, 6.45) is 2.69. The van der Waals surface area contributed by atoms with Crippen LogP contribution in [0.25, 0.3) is 0 Å². The van der Waals surface area contributed by atoms with Crippen LogP contribution >= 0.6 is 11.3 Å². The summed E-state index contributed by atoms with van der Waals surface area (Å²) in [5.41, 5.74) is 3.97. The standard InChI is InChI=1S/C19H26N4S/c1-20-19(22-13-18-8-11-24-15-18)21-12-16-4-6-17(7-5-16)14-23-9-2-3-10-23/h4-8,11,15H,2-3,9-10,12-14H2,1H3,(H2,20,21,22). The minimum Gasteiger partial charge on any atom is -0.352 e. The summed E-state index contributed by atoms with van der Waals surface area (Å²) in [4.78, 5) is 6.81. The number of nitrogens with zero attached hydrogens (tertiary/aromatic N) is 2. The van der Waals surface area contributed by atoms with Gasteiger partial charge in [-0.3, -0.25) is 9.89 Å². The van der Waals surface area contributed by atoms with Gasteiger partial charge >= 0.3 is 0 Å². The van der Waals surface area contributed by atoms with Gasteiger partial charge in [-0.1, -0.05) is 24.3 Å². The fraction of sp³-hybridized carbons (Fsp3) is 0.421. The van der Waals surface area contributed by atoms with E-state index < -0.39 is 0 Å². The first-order valence-corrected chi connectivity index (χ1v) is 9.53. The second kappa shape index (κ2) is 8.85. The number of benzene rings is 1. The number of hydrogen-bond donors (Lipinski definition) is 2. The third-order valence-electron chi connectivity index (χ3n) is 4.35. The zero-order chi connectivity index (χ0) is 16.6. The Labute approximate surface area is 148 Å². The van der Waals surface area contributed by atoms with Gasteiger partial charge in [0.25, 0.3) is 0 Å². The summed E-state index contributed by atoms with van der Waals surface area (Å²) in [5.74, 6) is 0.836. The molecule has 24 heavy (non-hydrogen) atoms. The van der Waals surface area contributed by atoms with Gasteiger partial charge in [-0.25, -0.2) is 0 Å². The van der Waals surface area contributed by atoms with Crippen LogP contribution in [-0.4, -0.2) is 31.0 Å². The number of likely N-dealkylation sites (tertiary alicyclic amines) is 1. The number of rotatable bonds is 6. The molecule has 1 aliphatic heterocycles. The molecule has 5 heteroatoms. The van der Waals surface area contributed by atoms with E-state index in [0.29, 0.717) is 0 Å². The Morgan fingerprint density at radius 2 is 1.67 bits per heavy atom. The third kappa shape index (κ3) is 5.08. The summed E-state index contributed by atoms with van der Waals surface area (Å²) in [5, 5.41) is 11.0. The molecular formula is C19H26N4S. The van der Waals surface area contributed by atoms with Gasteiger partial charge in [0.2, 0.25) is 0 Å². The molecule has 4 nitrogen and oxygen atoms in total. The Hall–Kier alpha value is -1.85. The Kier molecular flexibility index (Phi) is 6.26. The van der Waals surface area contributed by atoms with Gasteiger partial charge in [0, 0.05) is 26.7 Å². The lowest BCUT2D eigenvalue weighted by Crippen LogP contribution is -2.36. The van der Waals surface area contributed by atoms with E-state index in [4.69, 9.17) is 0 Å². The van der Waals surface area contributed by atoms with E-state index in [9.17, 15) is 0 Å². The fourth-order valence-electron chi connectivity index (χ4n) is 2.95. The Morgan fingerprint density at radius 3 is 2.29 bits per heavy atom. The molecule has 128 valence electrons. The first-order valence-electron chi connectivity index (χ1n) is 8.59. The van der Waals surface area contributed by atoms with Crippen LogP contribution < -0.4 is 10.6 Å². The molecule has 2 N–H and O–H groups in total. The zero-order valence-electron chi connectivity index (χ0n) is 14.3. The molecule has 0 spiro atoms. The summed E-state index contributed by atoms with van der Waals surface area (Å²) in [6.45, 7) is 5.16. The second-order valence-electron chi connectivity index (χ2n) is 6.21. The molecule has 0 bridgehead atoms.